The Labute approximate surface area is 75.5 Å². The molecule has 1 rings (SSSR count). The first kappa shape index (κ1) is 9.12. The maximum Gasteiger partial charge on any atom is 0.378 e. The monoisotopic (exact) mass is 179 g/mol. The van der Waals surface area contributed by atoms with Crippen molar-refractivity contribution in [1.29, 1.82) is 0 Å². The van der Waals surface area contributed by atoms with E-state index in [2.05, 4.69) is 16.4 Å². The first-order valence-electron chi connectivity index (χ1n) is 3.59. The lowest BCUT2D eigenvalue weighted by atomic mass is 10.3. The molecule has 0 saturated heterocycles. The molecule has 0 amide bonds. The predicted octanol–water partition coefficient (Wildman–Crippen LogP) is 1.29. The number of nitrogens with two attached hydrogens (primary N) is 1. The second kappa shape index (κ2) is 4.15. The molecule has 0 atom stereocenters. The maximum absolute atomic E-state index is 10.6. The Morgan fingerprint density at radius 2 is 2.00 bits per heavy atom. The van der Waals surface area contributed by atoms with Gasteiger partial charge in [-0.05, 0) is 24.3 Å². The van der Waals surface area contributed by atoms with Gasteiger partial charge in [-0.1, -0.05) is 6.58 Å². The number of carbonyl (C=O) groups is 1. The van der Waals surface area contributed by atoms with Crippen molar-refractivity contribution in [3.63, 3.8) is 0 Å². The molecule has 0 bridgehead atoms. The van der Waals surface area contributed by atoms with Gasteiger partial charge >= 0.3 is 5.97 Å². The highest BCUT2D eigenvalue weighted by Crippen LogP contribution is 2.13. The quantitative estimate of drug-likeness (QED) is 0.328. The lowest BCUT2D eigenvalue weighted by molar-refractivity contribution is -0.207. The summed E-state index contributed by atoms with van der Waals surface area (Å²) < 4.78 is 0. The Hall–Kier alpha value is -1.97. The molecule has 0 aliphatic carbocycles. The molecule has 0 aliphatic rings. The average molecular weight is 179 g/mol. The van der Waals surface area contributed by atoms with Crippen molar-refractivity contribution in [1.82, 2.24) is 0 Å². The Bertz CT molecular complexity index is 305. The lowest BCUT2D eigenvalue weighted by Gasteiger charge is -2.01. The van der Waals surface area contributed by atoms with Gasteiger partial charge in [-0.2, -0.15) is 0 Å². The normalized spacial score (nSPS) is 8.92. The van der Waals surface area contributed by atoms with Gasteiger partial charge in [0.15, 0.2) is 5.75 Å². The van der Waals surface area contributed by atoms with E-state index >= 15 is 0 Å². The van der Waals surface area contributed by atoms with Crippen molar-refractivity contribution in [2.45, 2.75) is 0 Å². The summed E-state index contributed by atoms with van der Waals surface area (Å²) in [6, 6.07) is 6.45. The first-order valence-corrected chi connectivity index (χ1v) is 3.59. The molecule has 0 saturated carbocycles. The van der Waals surface area contributed by atoms with Crippen LogP contribution >= 0.6 is 0 Å². The molecule has 2 N–H and O–H groups in total. The van der Waals surface area contributed by atoms with Crippen LogP contribution in [0.2, 0.25) is 0 Å². The van der Waals surface area contributed by atoms with Gasteiger partial charge in [0.25, 0.3) is 0 Å². The van der Waals surface area contributed by atoms with E-state index in [1.165, 1.54) is 0 Å². The van der Waals surface area contributed by atoms with E-state index in [0.717, 1.165) is 6.08 Å². The molecule has 0 spiro atoms. The average Bonchev–Trinajstić information content (AvgIpc) is 2.16. The number of carbonyl (C=O) groups excluding carboxylic acids is 1. The molecule has 1 aromatic rings. The molecule has 1 aromatic carbocycles. The van der Waals surface area contributed by atoms with Crippen LogP contribution < -0.4 is 10.6 Å². The van der Waals surface area contributed by atoms with Crippen LogP contribution in [0.5, 0.6) is 5.75 Å². The molecule has 0 unspecified atom stereocenters. The van der Waals surface area contributed by atoms with Gasteiger partial charge < -0.3 is 5.73 Å². The van der Waals surface area contributed by atoms with Crippen LogP contribution in [0, 0.1) is 0 Å². The highest BCUT2D eigenvalue weighted by atomic mass is 17.2. The summed E-state index contributed by atoms with van der Waals surface area (Å²) >= 11 is 0. The third kappa shape index (κ3) is 2.86. The third-order valence-electron chi connectivity index (χ3n) is 1.27. The van der Waals surface area contributed by atoms with Crippen LogP contribution in [0.4, 0.5) is 5.69 Å². The highest BCUT2D eigenvalue weighted by Gasteiger charge is 1.98. The summed E-state index contributed by atoms with van der Waals surface area (Å²) in [6.07, 6.45) is 1.01. The molecule has 4 nitrogen and oxygen atoms in total. The Morgan fingerprint density at radius 1 is 1.38 bits per heavy atom. The van der Waals surface area contributed by atoms with Crippen molar-refractivity contribution in [3.8, 4) is 5.75 Å². The van der Waals surface area contributed by atoms with Gasteiger partial charge in [-0.25, -0.2) is 9.68 Å². The zero-order valence-electron chi connectivity index (χ0n) is 6.90. The standard InChI is InChI=1S/C9H9NO3/c1-2-9(11)13-12-8-5-3-7(10)4-6-8/h2-6H,1,10H2. The summed E-state index contributed by atoms with van der Waals surface area (Å²) in [4.78, 5) is 19.5. The number of anilines is 1. The molecule has 0 radical (unpaired) electrons. The third-order valence-corrected chi connectivity index (χ3v) is 1.27. The zero-order chi connectivity index (χ0) is 9.68. The van der Waals surface area contributed by atoms with Gasteiger partial charge in [0.2, 0.25) is 0 Å². The zero-order valence-corrected chi connectivity index (χ0v) is 6.90. The van der Waals surface area contributed by atoms with Crippen molar-refractivity contribution < 1.29 is 14.6 Å². The SMILES string of the molecule is C=CC(=O)OOc1ccc(N)cc1. The first-order chi connectivity index (χ1) is 6.22. The Morgan fingerprint density at radius 3 is 2.54 bits per heavy atom. The molecule has 68 valence electrons. The van der Waals surface area contributed by atoms with Crippen LogP contribution in [0.25, 0.3) is 0 Å². The Kier molecular flexibility index (Phi) is 2.92. The second-order valence-electron chi connectivity index (χ2n) is 2.26. The molecular weight excluding hydrogens is 170 g/mol. The summed E-state index contributed by atoms with van der Waals surface area (Å²) in [6.45, 7) is 3.21. The second-order valence-corrected chi connectivity index (χ2v) is 2.26. The minimum absolute atomic E-state index is 0.407. The van der Waals surface area contributed by atoms with E-state index < -0.39 is 5.97 Å². The van der Waals surface area contributed by atoms with Gasteiger partial charge in [-0.3, -0.25) is 4.89 Å². The van der Waals surface area contributed by atoms with Crippen LogP contribution in [-0.2, 0) is 9.68 Å². The maximum atomic E-state index is 10.6. The van der Waals surface area contributed by atoms with Crippen molar-refractivity contribution in [3.05, 3.63) is 36.9 Å². The van der Waals surface area contributed by atoms with Crippen LogP contribution in [-0.4, -0.2) is 5.97 Å². The number of nitrogen functional groups attached to an aromatic ring is 1. The topological polar surface area (TPSA) is 61.5 Å². The number of rotatable bonds is 3. The van der Waals surface area contributed by atoms with Crippen molar-refractivity contribution >= 4 is 11.7 Å². The van der Waals surface area contributed by atoms with Gasteiger partial charge in [-0.15, -0.1) is 0 Å². The minimum Gasteiger partial charge on any atom is -0.399 e. The fourth-order valence-corrected chi connectivity index (χ4v) is 0.647. The smallest absolute Gasteiger partial charge is 0.378 e. The van der Waals surface area contributed by atoms with Gasteiger partial charge in [0.05, 0.1) is 0 Å². The van der Waals surface area contributed by atoms with E-state index in [1.807, 2.05) is 0 Å². The van der Waals surface area contributed by atoms with Crippen LogP contribution in [0.3, 0.4) is 0 Å². The molecule has 0 aliphatic heterocycles. The molecular formula is C9H9NO3. The van der Waals surface area contributed by atoms with Crippen LogP contribution in [0.15, 0.2) is 36.9 Å². The minimum atomic E-state index is -0.642. The summed E-state index contributed by atoms with van der Waals surface area (Å²) in [5, 5.41) is 0. The van der Waals surface area contributed by atoms with E-state index in [0.29, 0.717) is 11.4 Å². The van der Waals surface area contributed by atoms with E-state index in [1.54, 1.807) is 24.3 Å². The Balaban J connectivity index is 2.50. The molecule has 4 heteroatoms. The summed E-state index contributed by atoms with van der Waals surface area (Å²) in [5.41, 5.74) is 6.04. The number of benzene rings is 1. The van der Waals surface area contributed by atoms with Crippen LogP contribution in [0.1, 0.15) is 0 Å². The van der Waals surface area contributed by atoms with Gasteiger partial charge in [0, 0.05) is 11.8 Å². The fraction of sp³-hybridized carbons (Fsp3) is 0. The summed E-state index contributed by atoms with van der Waals surface area (Å²) in [5.74, 6) is -0.235. The predicted molar refractivity (Wildman–Crippen MR) is 47.8 cm³/mol. The van der Waals surface area contributed by atoms with Crippen molar-refractivity contribution in [2.75, 3.05) is 5.73 Å². The summed E-state index contributed by atoms with van der Waals surface area (Å²) in [7, 11) is 0. The van der Waals surface area contributed by atoms with Gasteiger partial charge in [0.1, 0.15) is 0 Å². The number of hydrogen-bond donors (Lipinski definition) is 1. The van der Waals surface area contributed by atoms with E-state index in [4.69, 9.17) is 5.73 Å². The molecule has 0 aromatic heterocycles. The largest absolute Gasteiger partial charge is 0.399 e. The fourth-order valence-electron chi connectivity index (χ4n) is 0.647. The molecule has 0 heterocycles. The van der Waals surface area contributed by atoms with Crippen molar-refractivity contribution in [2.24, 2.45) is 0 Å². The molecule has 0 fully saturated rings. The lowest BCUT2D eigenvalue weighted by Crippen LogP contribution is -2.03. The van der Waals surface area contributed by atoms with E-state index in [-0.39, 0.29) is 0 Å². The number of hydrogen-bond acceptors (Lipinski definition) is 4. The van der Waals surface area contributed by atoms with E-state index in [9.17, 15) is 4.79 Å². The highest BCUT2D eigenvalue weighted by molar-refractivity contribution is 5.80. The molecule has 13 heavy (non-hydrogen) atoms.